The second kappa shape index (κ2) is 12.8. The standard InChI is InChI=1S/C45H35N3O2/c1-29-7-20-35(21-8-29)48(36-22-9-30(2)10-23-36)37-24-15-32(16-25-37)12-11-31-13-18-34(19-14-31)46-45(50)41-27-33-17-26-39-38-5-3-4-6-42(38)47-44(39)40(33)28-43(41)49/h3-28,47,49H,1-2H3,(H,46,50). The quantitative estimate of drug-likeness (QED) is 0.151. The highest BCUT2D eigenvalue weighted by atomic mass is 16.3. The third kappa shape index (κ3) is 5.97. The van der Waals surface area contributed by atoms with Gasteiger partial charge in [-0.3, -0.25) is 4.79 Å². The van der Waals surface area contributed by atoms with Crippen LogP contribution in [-0.2, 0) is 0 Å². The molecule has 1 amide bonds. The van der Waals surface area contributed by atoms with Crippen molar-refractivity contribution in [1.29, 1.82) is 0 Å². The molecule has 3 N–H and O–H groups in total. The Morgan fingerprint density at radius 2 is 1.18 bits per heavy atom. The number of phenols is 1. The van der Waals surface area contributed by atoms with Gasteiger partial charge < -0.3 is 20.3 Å². The second-order valence-corrected chi connectivity index (χ2v) is 12.8. The molecule has 1 heterocycles. The zero-order chi connectivity index (χ0) is 34.2. The van der Waals surface area contributed by atoms with Gasteiger partial charge >= 0.3 is 0 Å². The number of hydrogen-bond acceptors (Lipinski definition) is 3. The van der Waals surface area contributed by atoms with Crippen LogP contribution >= 0.6 is 0 Å². The minimum absolute atomic E-state index is 0.0624. The van der Waals surface area contributed by atoms with Crippen molar-refractivity contribution in [2.45, 2.75) is 13.8 Å². The van der Waals surface area contributed by atoms with Crippen LogP contribution in [0.4, 0.5) is 22.7 Å². The Balaban J connectivity index is 0.970. The minimum atomic E-state index is -0.366. The summed E-state index contributed by atoms with van der Waals surface area (Å²) in [7, 11) is 0. The molecule has 0 saturated heterocycles. The van der Waals surface area contributed by atoms with E-state index in [-0.39, 0.29) is 17.2 Å². The molecular formula is C45H35N3O2. The van der Waals surface area contributed by atoms with Crippen molar-refractivity contribution in [2.75, 3.05) is 10.2 Å². The number of benzene rings is 7. The van der Waals surface area contributed by atoms with Crippen LogP contribution in [0.5, 0.6) is 5.75 Å². The van der Waals surface area contributed by atoms with Crippen molar-refractivity contribution >= 4 is 73.4 Å². The molecule has 0 saturated carbocycles. The number of carbonyl (C=O) groups excluding carboxylic acids is 1. The molecule has 8 aromatic rings. The summed E-state index contributed by atoms with van der Waals surface area (Å²) in [5, 5.41) is 17.8. The van der Waals surface area contributed by atoms with Crippen molar-refractivity contribution in [3.8, 4) is 5.75 Å². The number of aromatic nitrogens is 1. The van der Waals surface area contributed by atoms with Gasteiger partial charge in [0.15, 0.2) is 0 Å². The van der Waals surface area contributed by atoms with E-state index in [9.17, 15) is 9.90 Å². The SMILES string of the molecule is Cc1ccc(N(c2ccc(C)cc2)c2ccc(C=Cc3ccc(NC(=O)c4cc5ccc6c7ccccc7[nH]c6c5cc4O)cc3)cc2)cc1. The van der Waals surface area contributed by atoms with Crippen LogP contribution in [0.1, 0.15) is 32.6 Å². The molecule has 7 aromatic carbocycles. The molecule has 0 radical (unpaired) electrons. The van der Waals surface area contributed by atoms with E-state index in [4.69, 9.17) is 0 Å². The first kappa shape index (κ1) is 30.7. The zero-order valence-electron chi connectivity index (χ0n) is 27.8. The van der Waals surface area contributed by atoms with E-state index in [1.54, 1.807) is 12.1 Å². The molecule has 0 fully saturated rings. The Morgan fingerprint density at radius 1 is 0.620 bits per heavy atom. The number of aromatic hydroxyl groups is 1. The van der Waals surface area contributed by atoms with E-state index in [1.807, 2.05) is 48.5 Å². The molecule has 0 spiro atoms. The molecule has 8 rings (SSSR count). The number of aryl methyl sites for hydroxylation is 2. The van der Waals surface area contributed by atoms with E-state index in [0.717, 1.165) is 60.8 Å². The highest BCUT2D eigenvalue weighted by molar-refractivity contribution is 6.18. The summed E-state index contributed by atoms with van der Waals surface area (Å²) in [6, 6.07) is 48.9. The van der Waals surface area contributed by atoms with Crippen LogP contribution in [0.25, 0.3) is 44.7 Å². The predicted octanol–water partition coefficient (Wildman–Crippen LogP) is 11.7. The Morgan fingerprint density at radius 3 is 1.80 bits per heavy atom. The van der Waals surface area contributed by atoms with Crippen LogP contribution in [-0.4, -0.2) is 16.0 Å². The fourth-order valence-corrected chi connectivity index (χ4v) is 6.50. The van der Waals surface area contributed by atoms with Crippen LogP contribution in [0.2, 0.25) is 0 Å². The summed E-state index contributed by atoms with van der Waals surface area (Å²) in [5.41, 5.74) is 10.7. The largest absolute Gasteiger partial charge is 0.507 e. The number of para-hydroxylation sites is 1. The van der Waals surface area contributed by atoms with E-state index < -0.39 is 0 Å². The molecule has 1 aromatic heterocycles. The fraction of sp³-hybridized carbons (Fsp3) is 0.0444. The van der Waals surface area contributed by atoms with Gasteiger partial charge in [-0.15, -0.1) is 0 Å². The van der Waals surface area contributed by atoms with Gasteiger partial charge in [-0.25, -0.2) is 0 Å². The summed E-state index contributed by atoms with van der Waals surface area (Å²) in [5.74, 6) is -0.428. The van der Waals surface area contributed by atoms with Gasteiger partial charge in [0.1, 0.15) is 5.75 Å². The maximum atomic E-state index is 13.3. The molecule has 5 heteroatoms. The van der Waals surface area contributed by atoms with Crippen molar-refractivity contribution in [3.05, 3.63) is 173 Å². The fourth-order valence-electron chi connectivity index (χ4n) is 6.50. The third-order valence-corrected chi connectivity index (χ3v) is 9.23. The summed E-state index contributed by atoms with van der Waals surface area (Å²) in [6.45, 7) is 4.20. The van der Waals surface area contributed by atoms with E-state index in [2.05, 4.69) is 126 Å². The molecule has 5 nitrogen and oxygen atoms in total. The lowest BCUT2D eigenvalue weighted by atomic mass is 10.0. The molecule has 0 aliphatic heterocycles. The van der Waals surface area contributed by atoms with E-state index in [0.29, 0.717) is 5.69 Å². The van der Waals surface area contributed by atoms with Gasteiger partial charge in [0, 0.05) is 44.4 Å². The smallest absolute Gasteiger partial charge is 0.259 e. The normalized spacial score (nSPS) is 11.5. The monoisotopic (exact) mass is 649 g/mol. The number of carbonyl (C=O) groups is 1. The highest BCUT2D eigenvalue weighted by Gasteiger charge is 2.16. The van der Waals surface area contributed by atoms with Crippen LogP contribution in [0, 0.1) is 13.8 Å². The summed E-state index contributed by atoms with van der Waals surface area (Å²) in [4.78, 5) is 19.0. The van der Waals surface area contributed by atoms with Gasteiger partial charge in [0.25, 0.3) is 5.91 Å². The Labute approximate surface area is 290 Å². The molecule has 50 heavy (non-hydrogen) atoms. The number of nitrogens with zero attached hydrogens (tertiary/aromatic N) is 1. The van der Waals surface area contributed by atoms with Crippen molar-refractivity contribution in [3.63, 3.8) is 0 Å². The molecule has 0 atom stereocenters. The van der Waals surface area contributed by atoms with Gasteiger partial charge in [-0.05, 0) is 97.1 Å². The average molecular weight is 650 g/mol. The minimum Gasteiger partial charge on any atom is -0.507 e. The number of H-pyrrole nitrogens is 1. The summed E-state index contributed by atoms with van der Waals surface area (Å²) < 4.78 is 0. The Hall–Kier alpha value is -6.59. The highest BCUT2D eigenvalue weighted by Crippen LogP contribution is 2.36. The third-order valence-electron chi connectivity index (χ3n) is 9.23. The number of phenolic OH excluding ortho intramolecular Hbond substituents is 1. The number of aromatic amines is 1. The lowest BCUT2D eigenvalue weighted by Crippen LogP contribution is -2.12. The molecule has 242 valence electrons. The first-order valence-corrected chi connectivity index (χ1v) is 16.7. The second-order valence-electron chi connectivity index (χ2n) is 12.8. The number of fused-ring (bicyclic) bond motifs is 5. The maximum Gasteiger partial charge on any atom is 0.259 e. The molecule has 0 aliphatic carbocycles. The number of rotatable bonds is 7. The number of anilines is 4. The molecule has 0 bridgehead atoms. The lowest BCUT2D eigenvalue weighted by Gasteiger charge is -2.25. The molecule has 0 aliphatic rings. The topological polar surface area (TPSA) is 68.4 Å². The van der Waals surface area contributed by atoms with Gasteiger partial charge in [0.05, 0.1) is 11.1 Å². The average Bonchev–Trinajstić information content (AvgIpc) is 3.53. The number of nitrogens with one attached hydrogen (secondary N) is 2. The van der Waals surface area contributed by atoms with Crippen LogP contribution in [0.3, 0.4) is 0 Å². The summed E-state index contributed by atoms with van der Waals surface area (Å²) in [6.07, 6.45) is 4.13. The van der Waals surface area contributed by atoms with E-state index >= 15 is 0 Å². The predicted molar refractivity (Wildman–Crippen MR) is 209 cm³/mol. The number of amides is 1. The Kier molecular flexibility index (Phi) is 7.86. The van der Waals surface area contributed by atoms with Crippen LogP contribution < -0.4 is 10.2 Å². The lowest BCUT2D eigenvalue weighted by molar-refractivity contribution is 0.102. The van der Waals surface area contributed by atoms with Crippen molar-refractivity contribution in [2.24, 2.45) is 0 Å². The van der Waals surface area contributed by atoms with Gasteiger partial charge in [-0.1, -0.05) is 102 Å². The van der Waals surface area contributed by atoms with E-state index in [1.165, 1.54) is 11.1 Å². The summed E-state index contributed by atoms with van der Waals surface area (Å²) >= 11 is 0. The van der Waals surface area contributed by atoms with Gasteiger partial charge in [-0.2, -0.15) is 0 Å². The van der Waals surface area contributed by atoms with Crippen LogP contribution in [0.15, 0.2) is 146 Å². The first-order chi connectivity index (χ1) is 24.4. The first-order valence-electron chi connectivity index (χ1n) is 16.7. The Bertz CT molecular complexity index is 2480. The van der Waals surface area contributed by atoms with Crippen molar-refractivity contribution < 1.29 is 9.90 Å². The maximum absolute atomic E-state index is 13.3. The van der Waals surface area contributed by atoms with Gasteiger partial charge in [0.2, 0.25) is 0 Å². The zero-order valence-corrected chi connectivity index (χ0v) is 27.8. The molecular weight excluding hydrogens is 615 g/mol. The van der Waals surface area contributed by atoms with Crippen molar-refractivity contribution in [1.82, 2.24) is 4.98 Å². The molecule has 0 unspecified atom stereocenters. The number of hydrogen-bond donors (Lipinski definition) is 3.